The van der Waals surface area contributed by atoms with Crippen LogP contribution < -0.4 is 4.90 Å². The fraction of sp³-hybridized carbons (Fsp3) is 0.391. The lowest BCUT2D eigenvalue weighted by atomic mass is 10.0. The molecule has 2 aromatic rings. The fourth-order valence-corrected chi connectivity index (χ4v) is 5.01. The molecule has 0 aliphatic carbocycles. The van der Waals surface area contributed by atoms with Gasteiger partial charge in [-0.05, 0) is 75.5 Å². The van der Waals surface area contributed by atoms with Gasteiger partial charge in [0.25, 0.3) is 11.8 Å². The SMILES string of the molecule is Cc1cccc(N2C(=O)C(c3cccs3)=C(N(C)C3CCN(C)CC3)C2=O)c1C. The number of benzene rings is 1. The van der Waals surface area contributed by atoms with E-state index in [2.05, 4.69) is 16.8 Å². The molecule has 0 spiro atoms. The summed E-state index contributed by atoms with van der Waals surface area (Å²) in [6.07, 6.45) is 1.97. The maximum absolute atomic E-state index is 13.6. The van der Waals surface area contributed by atoms with Gasteiger partial charge in [0, 0.05) is 18.0 Å². The molecular formula is C23H27N3O2S. The zero-order valence-electron chi connectivity index (χ0n) is 17.4. The second kappa shape index (κ2) is 7.76. The van der Waals surface area contributed by atoms with Gasteiger partial charge in [0.15, 0.2) is 0 Å². The molecule has 4 rings (SSSR count). The average molecular weight is 410 g/mol. The summed E-state index contributed by atoms with van der Waals surface area (Å²) in [7, 11) is 4.09. The van der Waals surface area contributed by atoms with Crippen LogP contribution in [0.3, 0.4) is 0 Å². The highest BCUT2D eigenvalue weighted by molar-refractivity contribution is 7.11. The van der Waals surface area contributed by atoms with Gasteiger partial charge in [-0.1, -0.05) is 18.2 Å². The second-order valence-corrected chi connectivity index (χ2v) is 8.96. The van der Waals surface area contributed by atoms with E-state index in [1.165, 1.54) is 16.2 Å². The Balaban J connectivity index is 1.78. The van der Waals surface area contributed by atoms with Crippen LogP contribution in [0.1, 0.15) is 28.8 Å². The van der Waals surface area contributed by atoms with Crippen molar-refractivity contribution in [2.75, 3.05) is 32.1 Å². The number of nitrogens with zero attached hydrogens (tertiary/aromatic N) is 3. The van der Waals surface area contributed by atoms with E-state index in [-0.39, 0.29) is 17.9 Å². The number of carbonyl (C=O) groups excluding carboxylic acids is 2. The van der Waals surface area contributed by atoms with Gasteiger partial charge >= 0.3 is 0 Å². The molecule has 29 heavy (non-hydrogen) atoms. The van der Waals surface area contributed by atoms with E-state index in [9.17, 15) is 9.59 Å². The normalized spacial score (nSPS) is 18.8. The molecule has 1 saturated heterocycles. The van der Waals surface area contributed by atoms with E-state index in [0.29, 0.717) is 17.0 Å². The summed E-state index contributed by atoms with van der Waals surface area (Å²) in [5.74, 6) is -0.436. The third-order valence-corrected chi connectivity index (χ3v) is 7.12. The smallest absolute Gasteiger partial charge is 0.282 e. The minimum Gasteiger partial charge on any atom is -0.366 e. The third-order valence-electron chi connectivity index (χ3n) is 6.23. The molecule has 0 atom stereocenters. The summed E-state index contributed by atoms with van der Waals surface area (Å²) < 4.78 is 0. The number of amides is 2. The molecule has 0 unspecified atom stereocenters. The first-order valence-corrected chi connectivity index (χ1v) is 10.9. The molecule has 5 nitrogen and oxygen atoms in total. The summed E-state index contributed by atoms with van der Waals surface area (Å²) in [6.45, 7) is 5.97. The van der Waals surface area contributed by atoms with Crippen molar-refractivity contribution >= 4 is 34.4 Å². The van der Waals surface area contributed by atoms with Gasteiger partial charge in [-0.3, -0.25) is 9.59 Å². The molecule has 2 amide bonds. The van der Waals surface area contributed by atoms with Crippen molar-refractivity contribution in [2.24, 2.45) is 0 Å². The number of likely N-dealkylation sites (N-methyl/N-ethyl adjacent to an activating group) is 1. The average Bonchev–Trinajstić information content (AvgIpc) is 3.31. The van der Waals surface area contributed by atoms with Crippen molar-refractivity contribution in [1.29, 1.82) is 0 Å². The number of piperidine rings is 1. The minimum atomic E-state index is -0.221. The van der Waals surface area contributed by atoms with Crippen LogP contribution >= 0.6 is 11.3 Å². The molecule has 1 fully saturated rings. The van der Waals surface area contributed by atoms with E-state index in [1.54, 1.807) is 0 Å². The first-order valence-electron chi connectivity index (χ1n) is 10.0. The van der Waals surface area contributed by atoms with Gasteiger partial charge in [-0.2, -0.15) is 0 Å². The number of anilines is 1. The first-order chi connectivity index (χ1) is 13.9. The lowest BCUT2D eigenvalue weighted by molar-refractivity contribution is -0.120. The largest absolute Gasteiger partial charge is 0.366 e. The molecule has 2 aliphatic heterocycles. The second-order valence-electron chi connectivity index (χ2n) is 8.01. The summed E-state index contributed by atoms with van der Waals surface area (Å²) in [5, 5.41) is 1.95. The molecule has 1 aromatic heterocycles. The molecular weight excluding hydrogens is 382 g/mol. The number of hydrogen-bond donors (Lipinski definition) is 0. The maximum Gasteiger partial charge on any atom is 0.282 e. The van der Waals surface area contributed by atoms with E-state index >= 15 is 0 Å². The number of imide groups is 1. The number of likely N-dealkylation sites (tertiary alicyclic amines) is 1. The van der Waals surface area contributed by atoms with Crippen molar-refractivity contribution in [3.8, 4) is 0 Å². The highest BCUT2D eigenvalue weighted by atomic mass is 32.1. The van der Waals surface area contributed by atoms with Gasteiger partial charge in [0.05, 0.1) is 11.3 Å². The number of carbonyl (C=O) groups is 2. The topological polar surface area (TPSA) is 43.9 Å². The molecule has 3 heterocycles. The van der Waals surface area contributed by atoms with Gasteiger partial charge < -0.3 is 9.80 Å². The van der Waals surface area contributed by atoms with Gasteiger partial charge in [0.2, 0.25) is 0 Å². The van der Waals surface area contributed by atoms with Gasteiger partial charge in [-0.15, -0.1) is 11.3 Å². The fourth-order valence-electron chi connectivity index (χ4n) is 4.25. The molecule has 0 saturated carbocycles. The van der Waals surface area contributed by atoms with Crippen LogP contribution in [-0.4, -0.2) is 54.8 Å². The van der Waals surface area contributed by atoms with E-state index in [1.807, 2.05) is 56.6 Å². The summed E-state index contributed by atoms with van der Waals surface area (Å²) >= 11 is 1.51. The predicted octanol–water partition coefficient (Wildman–Crippen LogP) is 3.68. The first kappa shape index (κ1) is 19.9. The van der Waals surface area contributed by atoms with Crippen LogP contribution in [0.2, 0.25) is 0 Å². The van der Waals surface area contributed by atoms with Crippen LogP contribution in [-0.2, 0) is 9.59 Å². The summed E-state index contributed by atoms with van der Waals surface area (Å²) in [5.41, 5.74) is 3.78. The van der Waals surface area contributed by atoms with Crippen LogP contribution in [0.15, 0.2) is 41.4 Å². The number of aryl methyl sites for hydroxylation is 1. The molecule has 0 bridgehead atoms. The summed E-state index contributed by atoms with van der Waals surface area (Å²) in [6, 6.07) is 9.89. The molecule has 0 N–H and O–H groups in total. The number of rotatable bonds is 4. The Morgan fingerprint density at radius 2 is 1.76 bits per heavy atom. The van der Waals surface area contributed by atoms with Gasteiger partial charge in [0.1, 0.15) is 5.70 Å². The molecule has 0 radical (unpaired) electrons. The van der Waals surface area contributed by atoms with Crippen LogP contribution in [0.5, 0.6) is 0 Å². The Morgan fingerprint density at radius 3 is 2.41 bits per heavy atom. The Hall–Kier alpha value is -2.44. The predicted molar refractivity (Wildman–Crippen MR) is 118 cm³/mol. The van der Waals surface area contributed by atoms with Crippen molar-refractivity contribution in [3.05, 3.63) is 57.4 Å². The standard InChI is InChI=1S/C23H27N3O2S/c1-15-7-5-8-18(16(15)2)26-22(27)20(19-9-6-14-29-19)21(23(26)28)25(4)17-10-12-24(3)13-11-17/h5-9,14,17H,10-13H2,1-4H3. The monoisotopic (exact) mass is 409 g/mol. The van der Waals surface area contributed by atoms with Crippen molar-refractivity contribution in [2.45, 2.75) is 32.7 Å². The molecule has 2 aliphatic rings. The van der Waals surface area contributed by atoms with Gasteiger partial charge in [-0.25, -0.2) is 4.90 Å². The van der Waals surface area contributed by atoms with Crippen LogP contribution in [0.4, 0.5) is 5.69 Å². The number of thiophene rings is 1. The Morgan fingerprint density at radius 1 is 1.03 bits per heavy atom. The quantitative estimate of drug-likeness (QED) is 0.723. The third kappa shape index (κ3) is 3.40. The van der Waals surface area contributed by atoms with E-state index in [4.69, 9.17) is 0 Å². The van der Waals surface area contributed by atoms with E-state index in [0.717, 1.165) is 41.9 Å². The zero-order valence-corrected chi connectivity index (χ0v) is 18.3. The Kier molecular flexibility index (Phi) is 5.32. The van der Waals surface area contributed by atoms with Crippen LogP contribution in [0, 0.1) is 13.8 Å². The Labute approximate surface area is 176 Å². The molecule has 1 aromatic carbocycles. The van der Waals surface area contributed by atoms with Crippen molar-refractivity contribution in [1.82, 2.24) is 9.80 Å². The maximum atomic E-state index is 13.6. The lowest BCUT2D eigenvalue weighted by Gasteiger charge is -2.36. The highest BCUT2D eigenvalue weighted by Gasteiger charge is 2.44. The van der Waals surface area contributed by atoms with E-state index < -0.39 is 0 Å². The zero-order chi connectivity index (χ0) is 20.7. The van der Waals surface area contributed by atoms with Crippen LogP contribution in [0.25, 0.3) is 5.57 Å². The molecule has 152 valence electrons. The number of hydrogen-bond acceptors (Lipinski definition) is 5. The van der Waals surface area contributed by atoms with Crippen molar-refractivity contribution in [3.63, 3.8) is 0 Å². The highest BCUT2D eigenvalue weighted by Crippen LogP contribution is 2.38. The van der Waals surface area contributed by atoms with Crippen molar-refractivity contribution < 1.29 is 9.59 Å². The Bertz CT molecular complexity index is 972. The molecule has 6 heteroatoms. The minimum absolute atomic E-state index is 0.214. The lowest BCUT2D eigenvalue weighted by Crippen LogP contribution is -2.43. The summed E-state index contributed by atoms with van der Waals surface area (Å²) in [4.78, 5) is 33.8.